The van der Waals surface area contributed by atoms with Crippen molar-refractivity contribution in [3.8, 4) is 28.5 Å². The van der Waals surface area contributed by atoms with Crippen molar-refractivity contribution < 1.29 is 19.4 Å². The first kappa shape index (κ1) is 20.9. The summed E-state index contributed by atoms with van der Waals surface area (Å²) >= 11 is 6.57. The second-order valence-electron chi connectivity index (χ2n) is 5.76. The molecule has 3 N–H and O–H groups in total. The van der Waals surface area contributed by atoms with Gasteiger partial charge in [0.05, 0.1) is 30.6 Å². The number of rotatable bonds is 6. The molecule has 3 aromatic rings. The van der Waals surface area contributed by atoms with Gasteiger partial charge >= 0.3 is 0 Å². The third-order valence-corrected chi connectivity index (χ3v) is 4.99. The fourth-order valence-corrected chi connectivity index (χ4v) is 3.75. The first-order chi connectivity index (χ1) is 13.9. The molecule has 1 aromatic heterocycles. The van der Waals surface area contributed by atoms with Gasteiger partial charge in [-0.3, -0.25) is 9.89 Å². The standard InChI is InChI=1S/C19H16Br2N4O4/c1-28-12-3-4-17(29-2)13(7-12)15-8-16(24-23-15)19(27)25-22-9-10-5-11(20)6-14(21)18(10)26/h3-9,26H,1-2H3,(H,23,24)(H,25,27). The van der Waals surface area contributed by atoms with E-state index in [-0.39, 0.29) is 11.4 Å². The molecule has 1 heterocycles. The average molecular weight is 524 g/mol. The molecule has 0 atom stereocenters. The number of halogens is 2. The number of methoxy groups -OCH3 is 2. The number of phenols is 1. The van der Waals surface area contributed by atoms with Crippen LogP contribution >= 0.6 is 31.9 Å². The van der Waals surface area contributed by atoms with Crippen LogP contribution in [0.1, 0.15) is 16.1 Å². The Bertz CT molecular complexity index is 1080. The van der Waals surface area contributed by atoms with Gasteiger partial charge in [0, 0.05) is 15.6 Å². The predicted molar refractivity (Wildman–Crippen MR) is 116 cm³/mol. The molecule has 0 radical (unpaired) electrons. The van der Waals surface area contributed by atoms with E-state index in [1.807, 2.05) is 0 Å². The summed E-state index contributed by atoms with van der Waals surface area (Å²) in [6.45, 7) is 0. The van der Waals surface area contributed by atoms with E-state index in [4.69, 9.17) is 9.47 Å². The van der Waals surface area contributed by atoms with Crippen LogP contribution in [-0.2, 0) is 0 Å². The third kappa shape index (κ3) is 4.77. The van der Waals surface area contributed by atoms with E-state index >= 15 is 0 Å². The molecule has 150 valence electrons. The Labute approximate surface area is 183 Å². The maximum Gasteiger partial charge on any atom is 0.289 e. The van der Waals surface area contributed by atoms with Crippen molar-refractivity contribution in [1.29, 1.82) is 0 Å². The van der Waals surface area contributed by atoms with Crippen LogP contribution in [0.2, 0.25) is 0 Å². The highest BCUT2D eigenvalue weighted by Crippen LogP contribution is 2.33. The van der Waals surface area contributed by atoms with Crippen molar-refractivity contribution in [3.63, 3.8) is 0 Å². The van der Waals surface area contributed by atoms with Crippen LogP contribution < -0.4 is 14.9 Å². The maximum atomic E-state index is 12.3. The number of nitrogens with zero attached hydrogens (tertiary/aromatic N) is 2. The number of amides is 1. The molecule has 3 rings (SSSR count). The highest BCUT2D eigenvalue weighted by molar-refractivity contribution is 9.11. The summed E-state index contributed by atoms with van der Waals surface area (Å²) in [5, 5.41) is 20.7. The zero-order valence-electron chi connectivity index (χ0n) is 15.4. The molecular formula is C19H16Br2N4O4. The van der Waals surface area contributed by atoms with Gasteiger partial charge in [0.2, 0.25) is 0 Å². The Morgan fingerprint density at radius 3 is 2.72 bits per heavy atom. The van der Waals surface area contributed by atoms with Gasteiger partial charge in [0.1, 0.15) is 22.9 Å². The van der Waals surface area contributed by atoms with E-state index < -0.39 is 5.91 Å². The second-order valence-corrected chi connectivity index (χ2v) is 7.53. The molecule has 0 aliphatic heterocycles. The summed E-state index contributed by atoms with van der Waals surface area (Å²) in [6.07, 6.45) is 1.34. The summed E-state index contributed by atoms with van der Waals surface area (Å²) in [4.78, 5) is 12.3. The smallest absolute Gasteiger partial charge is 0.289 e. The number of aromatic nitrogens is 2. The van der Waals surface area contributed by atoms with E-state index in [1.165, 1.54) is 6.21 Å². The number of hydrogen-bond acceptors (Lipinski definition) is 6. The van der Waals surface area contributed by atoms with Crippen molar-refractivity contribution >= 4 is 44.0 Å². The first-order valence-corrected chi connectivity index (χ1v) is 9.80. The Balaban J connectivity index is 1.77. The Morgan fingerprint density at radius 2 is 2.00 bits per heavy atom. The second kappa shape index (κ2) is 9.10. The molecule has 29 heavy (non-hydrogen) atoms. The van der Waals surface area contributed by atoms with Crippen molar-refractivity contribution in [2.24, 2.45) is 5.10 Å². The quantitative estimate of drug-likeness (QED) is 0.333. The molecular weight excluding hydrogens is 508 g/mol. The molecule has 0 unspecified atom stereocenters. The molecule has 0 saturated heterocycles. The lowest BCUT2D eigenvalue weighted by molar-refractivity contribution is 0.0950. The van der Waals surface area contributed by atoms with Gasteiger partial charge in [-0.05, 0) is 52.3 Å². The normalized spacial score (nSPS) is 10.9. The van der Waals surface area contributed by atoms with Crippen LogP contribution in [0.5, 0.6) is 17.2 Å². The number of carbonyl (C=O) groups is 1. The number of aromatic amines is 1. The van der Waals surface area contributed by atoms with E-state index in [0.29, 0.717) is 32.8 Å². The lowest BCUT2D eigenvalue weighted by Crippen LogP contribution is -2.18. The Kier molecular flexibility index (Phi) is 6.55. The van der Waals surface area contributed by atoms with Crippen LogP contribution in [0.3, 0.4) is 0 Å². The van der Waals surface area contributed by atoms with Crippen LogP contribution in [0.4, 0.5) is 0 Å². The van der Waals surface area contributed by atoms with Crippen LogP contribution in [-0.4, -0.2) is 41.6 Å². The topological polar surface area (TPSA) is 109 Å². The molecule has 2 aromatic carbocycles. The molecule has 10 heteroatoms. The maximum absolute atomic E-state index is 12.3. The molecule has 0 fully saturated rings. The van der Waals surface area contributed by atoms with Gasteiger partial charge in [-0.2, -0.15) is 10.2 Å². The summed E-state index contributed by atoms with van der Waals surface area (Å²) in [5.41, 5.74) is 4.22. The Hall–Kier alpha value is -2.85. The van der Waals surface area contributed by atoms with E-state index in [9.17, 15) is 9.90 Å². The van der Waals surface area contributed by atoms with Crippen LogP contribution in [0.15, 0.2) is 50.4 Å². The number of aromatic hydroxyl groups is 1. The van der Waals surface area contributed by atoms with Crippen molar-refractivity contribution in [2.45, 2.75) is 0 Å². The largest absolute Gasteiger partial charge is 0.506 e. The van der Waals surface area contributed by atoms with Crippen LogP contribution in [0.25, 0.3) is 11.3 Å². The van der Waals surface area contributed by atoms with Gasteiger partial charge in [0.25, 0.3) is 5.91 Å². The number of hydrazone groups is 1. The molecule has 0 aliphatic carbocycles. The molecule has 0 bridgehead atoms. The van der Waals surface area contributed by atoms with Gasteiger partial charge in [0.15, 0.2) is 0 Å². The molecule has 8 nitrogen and oxygen atoms in total. The summed E-state index contributed by atoms with van der Waals surface area (Å²) < 4.78 is 11.8. The SMILES string of the molecule is COc1ccc(OC)c(-c2cc(C(=O)NN=Cc3cc(Br)cc(Br)c3O)[nH]n2)c1. The van der Waals surface area contributed by atoms with E-state index in [0.717, 1.165) is 4.47 Å². The minimum Gasteiger partial charge on any atom is -0.506 e. The van der Waals surface area contributed by atoms with Gasteiger partial charge < -0.3 is 14.6 Å². The minimum atomic E-state index is -0.490. The molecule has 0 spiro atoms. The fourth-order valence-electron chi connectivity index (χ4n) is 2.50. The van der Waals surface area contributed by atoms with Gasteiger partial charge in [-0.25, -0.2) is 5.43 Å². The number of benzene rings is 2. The highest BCUT2D eigenvalue weighted by Gasteiger charge is 2.15. The molecule has 0 saturated carbocycles. The highest BCUT2D eigenvalue weighted by atomic mass is 79.9. The van der Waals surface area contributed by atoms with Gasteiger partial charge in [-0.1, -0.05) is 15.9 Å². The average Bonchev–Trinajstić information content (AvgIpc) is 3.21. The summed E-state index contributed by atoms with van der Waals surface area (Å²) in [7, 11) is 3.12. The van der Waals surface area contributed by atoms with Crippen molar-refractivity contribution in [1.82, 2.24) is 15.6 Å². The van der Waals surface area contributed by atoms with Crippen molar-refractivity contribution in [2.75, 3.05) is 14.2 Å². The van der Waals surface area contributed by atoms with E-state index in [1.54, 1.807) is 50.6 Å². The molecule has 0 aliphatic rings. The van der Waals surface area contributed by atoms with Gasteiger partial charge in [-0.15, -0.1) is 0 Å². The zero-order valence-corrected chi connectivity index (χ0v) is 18.5. The number of ether oxygens (including phenoxy) is 2. The van der Waals surface area contributed by atoms with E-state index in [2.05, 4.69) is 52.6 Å². The number of phenolic OH excluding ortho intramolecular Hbond substituents is 1. The van der Waals surface area contributed by atoms with Crippen molar-refractivity contribution in [3.05, 3.63) is 56.6 Å². The lowest BCUT2D eigenvalue weighted by Gasteiger charge is -2.08. The minimum absolute atomic E-state index is 0.0140. The number of nitrogens with one attached hydrogen (secondary N) is 2. The predicted octanol–water partition coefficient (Wildman–Crippen LogP) is 4.09. The lowest BCUT2D eigenvalue weighted by atomic mass is 10.1. The number of carbonyl (C=O) groups excluding carboxylic acids is 1. The third-order valence-electron chi connectivity index (χ3n) is 3.93. The Morgan fingerprint density at radius 1 is 1.21 bits per heavy atom. The fraction of sp³-hybridized carbons (Fsp3) is 0.105. The molecule has 1 amide bonds. The summed E-state index contributed by atoms with van der Waals surface area (Å²) in [5.74, 6) is 0.757. The number of H-pyrrole nitrogens is 1. The van der Waals surface area contributed by atoms with Crippen LogP contribution in [0, 0.1) is 0 Å². The monoisotopic (exact) mass is 522 g/mol. The first-order valence-electron chi connectivity index (χ1n) is 8.22. The summed E-state index contributed by atoms with van der Waals surface area (Å²) in [6, 6.07) is 10.2. The number of hydrogen-bond donors (Lipinski definition) is 3. The zero-order chi connectivity index (χ0) is 21.0.